The van der Waals surface area contributed by atoms with Crippen molar-refractivity contribution in [2.24, 2.45) is 0 Å². The lowest BCUT2D eigenvalue weighted by atomic mass is 10.1. The first-order chi connectivity index (χ1) is 18.0. The van der Waals surface area contributed by atoms with Crippen LogP contribution in [0.3, 0.4) is 0 Å². The number of amides is 2. The molecule has 0 saturated heterocycles. The van der Waals surface area contributed by atoms with E-state index in [0.717, 1.165) is 16.3 Å². The molecule has 9 heteroatoms. The fraction of sp³-hybridized carbons (Fsp3) is 0.310. The summed E-state index contributed by atoms with van der Waals surface area (Å²) in [6, 6.07) is 21.2. The Bertz CT molecular complexity index is 1350. The van der Waals surface area contributed by atoms with Gasteiger partial charge in [-0.2, -0.15) is 0 Å². The van der Waals surface area contributed by atoms with Crippen molar-refractivity contribution in [3.05, 3.63) is 95.0 Å². The smallest absolute Gasteiger partial charge is 0.264 e. The number of nitrogens with one attached hydrogen (secondary N) is 1. The number of halogens is 1. The van der Waals surface area contributed by atoms with Crippen LogP contribution in [-0.2, 0) is 26.2 Å². The SMILES string of the molecule is CC[C@@H](C)NC(=O)[C@H](C)N(Cc1ccccc1)C(=O)CN(c1cc(Cl)ccc1C)S(=O)(=O)c1ccccc1. The van der Waals surface area contributed by atoms with Crippen LogP contribution >= 0.6 is 11.6 Å². The van der Waals surface area contributed by atoms with E-state index < -0.39 is 28.5 Å². The molecule has 38 heavy (non-hydrogen) atoms. The lowest BCUT2D eigenvalue weighted by Gasteiger charge is -2.33. The van der Waals surface area contributed by atoms with Crippen LogP contribution < -0.4 is 9.62 Å². The lowest BCUT2D eigenvalue weighted by Crippen LogP contribution is -2.52. The summed E-state index contributed by atoms with van der Waals surface area (Å²) < 4.78 is 28.7. The zero-order chi connectivity index (χ0) is 27.9. The molecule has 0 saturated carbocycles. The summed E-state index contributed by atoms with van der Waals surface area (Å²) in [5.74, 6) is -0.820. The van der Waals surface area contributed by atoms with E-state index in [1.165, 1.54) is 23.1 Å². The summed E-state index contributed by atoms with van der Waals surface area (Å²) >= 11 is 6.25. The Balaban J connectivity index is 2.04. The van der Waals surface area contributed by atoms with Gasteiger partial charge in [-0.15, -0.1) is 0 Å². The normalized spacial score (nSPS) is 12.9. The molecule has 7 nitrogen and oxygen atoms in total. The van der Waals surface area contributed by atoms with Crippen LogP contribution in [0, 0.1) is 6.92 Å². The minimum Gasteiger partial charge on any atom is -0.352 e. The van der Waals surface area contributed by atoms with Crippen LogP contribution in [0.2, 0.25) is 5.02 Å². The highest BCUT2D eigenvalue weighted by Crippen LogP contribution is 2.30. The molecular weight excluding hydrogens is 522 g/mol. The van der Waals surface area contributed by atoms with Crippen LogP contribution in [0.15, 0.2) is 83.8 Å². The van der Waals surface area contributed by atoms with Gasteiger partial charge in [-0.1, -0.05) is 73.1 Å². The standard InChI is InChI=1S/C29H34ClN3O4S/c1-5-22(3)31-29(35)23(4)32(19-24-12-8-6-9-13-24)28(34)20-33(27-18-25(30)17-16-21(27)2)38(36,37)26-14-10-7-11-15-26/h6-18,22-23H,5,19-20H2,1-4H3,(H,31,35)/t22-,23+/m1/s1. The second-order valence-corrected chi connectivity index (χ2v) is 11.6. The number of rotatable bonds is 11. The van der Waals surface area contributed by atoms with Crippen LogP contribution in [0.25, 0.3) is 0 Å². The third kappa shape index (κ3) is 7.14. The first kappa shape index (κ1) is 29.2. The van der Waals surface area contributed by atoms with Gasteiger partial charge in [-0.25, -0.2) is 8.42 Å². The second kappa shape index (κ2) is 12.9. The number of hydrogen-bond donors (Lipinski definition) is 1. The predicted octanol–water partition coefficient (Wildman–Crippen LogP) is 5.18. The van der Waals surface area contributed by atoms with Gasteiger partial charge < -0.3 is 10.2 Å². The van der Waals surface area contributed by atoms with E-state index in [-0.39, 0.29) is 23.4 Å². The van der Waals surface area contributed by atoms with Gasteiger partial charge in [0.15, 0.2) is 0 Å². The fourth-order valence-electron chi connectivity index (χ4n) is 3.91. The lowest BCUT2D eigenvalue weighted by molar-refractivity contribution is -0.139. The molecule has 0 unspecified atom stereocenters. The van der Waals surface area contributed by atoms with Crippen molar-refractivity contribution >= 4 is 39.1 Å². The Morgan fingerprint density at radius 1 is 0.947 bits per heavy atom. The van der Waals surface area contributed by atoms with Crippen molar-refractivity contribution in [3.8, 4) is 0 Å². The summed E-state index contributed by atoms with van der Waals surface area (Å²) in [7, 11) is -4.14. The van der Waals surface area contributed by atoms with Crippen molar-refractivity contribution in [3.63, 3.8) is 0 Å². The summed E-state index contributed by atoms with van der Waals surface area (Å²) in [5, 5.41) is 3.27. The van der Waals surface area contributed by atoms with Gasteiger partial charge in [0.25, 0.3) is 10.0 Å². The van der Waals surface area contributed by atoms with E-state index >= 15 is 0 Å². The zero-order valence-corrected chi connectivity index (χ0v) is 23.7. The summed E-state index contributed by atoms with van der Waals surface area (Å²) in [4.78, 5) is 28.4. The molecule has 3 rings (SSSR count). The third-order valence-corrected chi connectivity index (χ3v) is 8.42. The zero-order valence-electron chi connectivity index (χ0n) is 22.1. The van der Waals surface area contributed by atoms with E-state index in [9.17, 15) is 18.0 Å². The molecular formula is C29H34ClN3O4S. The third-order valence-electron chi connectivity index (χ3n) is 6.41. The molecule has 0 heterocycles. The molecule has 0 aromatic heterocycles. The van der Waals surface area contributed by atoms with E-state index in [1.807, 2.05) is 44.2 Å². The van der Waals surface area contributed by atoms with E-state index in [1.54, 1.807) is 44.2 Å². The van der Waals surface area contributed by atoms with E-state index in [0.29, 0.717) is 16.3 Å². The van der Waals surface area contributed by atoms with Crippen molar-refractivity contribution in [2.75, 3.05) is 10.8 Å². The molecule has 1 N–H and O–H groups in total. The van der Waals surface area contributed by atoms with Crippen molar-refractivity contribution in [1.82, 2.24) is 10.2 Å². The topological polar surface area (TPSA) is 86.8 Å². The Morgan fingerprint density at radius 2 is 1.55 bits per heavy atom. The number of nitrogens with zero attached hydrogens (tertiary/aromatic N) is 2. The monoisotopic (exact) mass is 555 g/mol. The number of carbonyl (C=O) groups excluding carboxylic acids is 2. The van der Waals surface area contributed by atoms with Crippen LogP contribution in [0.1, 0.15) is 38.3 Å². The minimum atomic E-state index is -4.14. The highest BCUT2D eigenvalue weighted by Gasteiger charge is 2.33. The van der Waals surface area contributed by atoms with E-state index in [4.69, 9.17) is 11.6 Å². The number of sulfonamides is 1. The summed E-state index contributed by atoms with van der Waals surface area (Å²) in [6.45, 7) is 6.90. The first-order valence-corrected chi connectivity index (χ1v) is 14.3. The van der Waals surface area contributed by atoms with Crippen molar-refractivity contribution < 1.29 is 18.0 Å². The molecule has 0 fully saturated rings. The number of anilines is 1. The first-order valence-electron chi connectivity index (χ1n) is 12.5. The number of aryl methyl sites for hydroxylation is 1. The van der Waals surface area contributed by atoms with Crippen LogP contribution in [0.5, 0.6) is 0 Å². The molecule has 3 aromatic rings. The van der Waals surface area contributed by atoms with Crippen LogP contribution in [-0.4, -0.2) is 43.8 Å². The molecule has 2 amide bonds. The quantitative estimate of drug-likeness (QED) is 0.353. The Morgan fingerprint density at radius 3 is 2.16 bits per heavy atom. The Labute approximate surface area is 230 Å². The molecule has 0 bridgehead atoms. The maximum atomic E-state index is 13.9. The average Bonchev–Trinajstić information content (AvgIpc) is 2.92. The van der Waals surface area contributed by atoms with Crippen LogP contribution in [0.4, 0.5) is 5.69 Å². The van der Waals surface area contributed by atoms with Gasteiger partial charge in [-0.3, -0.25) is 13.9 Å². The summed E-state index contributed by atoms with van der Waals surface area (Å²) in [5.41, 5.74) is 1.75. The average molecular weight is 556 g/mol. The van der Waals surface area contributed by atoms with E-state index in [2.05, 4.69) is 5.32 Å². The maximum absolute atomic E-state index is 13.9. The predicted molar refractivity (Wildman–Crippen MR) is 152 cm³/mol. The molecule has 0 spiro atoms. The van der Waals surface area contributed by atoms with Gasteiger partial charge >= 0.3 is 0 Å². The fourth-order valence-corrected chi connectivity index (χ4v) is 5.57. The molecule has 0 aliphatic carbocycles. The molecule has 3 aromatic carbocycles. The molecule has 202 valence electrons. The Kier molecular flexibility index (Phi) is 9.94. The molecule has 0 aliphatic rings. The highest BCUT2D eigenvalue weighted by molar-refractivity contribution is 7.92. The largest absolute Gasteiger partial charge is 0.352 e. The van der Waals surface area contributed by atoms with Gasteiger partial charge in [0.1, 0.15) is 12.6 Å². The Hall–Kier alpha value is -3.36. The second-order valence-electron chi connectivity index (χ2n) is 9.26. The number of benzene rings is 3. The molecule has 0 radical (unpaired) electrons. The maximum Gasteiger partial charge on any atom is 0.264 e. The highest BCUT2D eigenvalue weighted by atomic mass is 35.5. The number of carbonyl (C=O) groups is 2. The van der Waals surface area contributed by atoms with Gasteiger partial charge in [0.05, 0.1) is 10.6 Å². The van der Waals surface area contributed by atoms with Gasteiger partial charge in [0, 0.05) is 17.6 Å². The van der Waals surface area contributed by atoms with Crippen molar-refractivity contribution in [1.29, 1.82) is 0 Å². The van der Waals surface area contributed by atoms with Gasteiger partial charge in [0.2, 0.25) is 11.8 Å². The molecule has 0 aliphatic heterocycles. The van der Waals surface area contributed by atoms with Gasteiger partial charge in [-0.05, 0) is 62.6 Å². The minimum absolute atomic E-state index is 0.0457. The molecule has 2 atom stereocenters. The van der Waals surface area contributed by atoms with Crippen molar-refractivity contribution in [2.45, 2.75) is 57.6 Å². The summed E-state index contributed by atoms with van der Waals surface area (Å²) in [6.07, 6.45) is 0.738. The number of hydrogen-bond acceptors (Lipinski definition) is 4.